The quantitative estimate of drug-likeness (QED) is 0.540. The molecule has 0 fully saturated rings. The average molecular weight is 419 g/mol. The predicted molar refractivity (Wildman–Crippen MR) is 105 cm³/mol. The molecule has 2 aromatic carbocycles. The number of hydrogen-bond acceptors (Lipinski definition) is 4. The molecule has 1 heterocycles. The van der Waals surface area contributed by atoms with E-state index in [9.17, 15) is 18.0 Å². The summed E-state index contributed by atoms with van der Waals surface area (Å²) in [5, 5.41) is 5.02. The Labute approximate surface area is 169 Å². The van der Waals surface area contributed by atoms with Crippen LogP contribution in [0.1, 0.15) is 5.56 Å². The first-order chi connectivity index (χ1) is 13.8. The number of methoxy groups -OCH3 is 1. The zero-order valence-electron chi connectivity index (χ0n) is 15.2. The van der Waals surface area contributed by atoms with E-state index in [0.717, 1.165) is 28.0 Å². The topological polar surface area (TPSA) is 63.2 Å². The second kappa shape index (κ2) is 8.87. The molecule has 150 valence electrons. The van der Waals surface area contributed by atoms with Gasteiger partial charge in [-0.2, -0.15) is 13.2 Å². The first kappa shape index (κ1) is 20.5. The number of carbonyl (C=O) groups excluding carboxylic acids is 1. The number of ether oxygens (including phenoxy) is 1. The second-order valence-corrected chi connectivity index (χ2v) is 6.95. The Bertz CT molecular complexity index is 998. The Hall–Kier alpha value is -3.20. The molecular formula is C20H16F3N3O2S. The van der Waals surface area contributed by atoms with Gasteiger partial charge in [-0.05, 0) is 48.5 Å². The van der Waals surface area contributed by atoms with Gasteiger partial charge in [0.15, 0.2) is 0 Å². The third-order valence-electron chi connectivity index (χ3n) is 3.75. The summed E-state index contributed by atoms with van der Waals surface area (Å²) in [4.78, 5) is 18.1. The van der Waals surface area contributed by atoms with Crippen LogP contribution in [0.2, 0.25) is 0 Å². The third kappa shape index (κ3) is 5.64. The van der Waals surface area contributed by atoms with E-state index < -0.39 is 17.8 Å². The van der Waals surface area contributed by atoms with Crippen LogP contribution in [0.15, 0.2) is 76.8 Å². The largest absolute Gasteiger partial charge is 0.495 e. The van der Waals surface area contributed by atoms with Crippen LogP contribution in [0.3, 0.4) is 0 Å². The van der Waals surface area contributed by atoms with Gasteiger partial charge in [-0.3, -0.25) is 4.98 Å². The number of halogens is 3. The van der Waals surface area contributed by atoms with Gasteiger partial charge in [0.05, 0.1) is 18.4 Å². The van der Waals surface area contributed by atoms with Gasteiger partial charge in [-0.25, -0.2) is 4.79 Å². The molecule has 0 aliphatic rings. The van der Waals surface area contributed by atoms with Gasteiger partial charge in [0.25, 0.3) is 0 Å². The van der Waals surface area contributed by atoms with Crippen molar-refractivity contribution in [3.63, 3.8) is 0 Å². The Morgan fingerprint density at radius 3 is 2.45 bits per heavy atom. The lowest BCUT2D eigenvalue weighted by atomic mass is 10.2. The lowest BCUT2D eigenvalue weighted by Gasteiger charge is -2.14. The van der Waals surface area contributed by atoms with Crippen molar-refractivity contribution in [2.45, 2.75) is 16.0 Å². The van der Waals surface area contributed by atoms with Crippen molar-refractivity contribution < 1.29 is 22.7 Å². The van der Waals surface area contributed by atoms with Crippen LogP contribution < -0.4 is 15.4 Å². The number of anilines is 2. The third-order valence-corrected chi connectivity index (χ3v) is 4.75. The number of nitrogens with zero attached hydrogens (tertiary/aromatic N) is 1. The van der Waals surface area contributed by atoms with E-state index in [0.29, 0.717) is 5.69 Å². The molecule has 1 aromatic heterocycles. The van der Waals surface area contributed by atoms with E-state index in [1.165, 1.54) is 18.9 Å². The van der Waals surface area contributed by atoms with Gasteiger partial charge in [0.1, 0.15) is 5.75 Å². The number of aromatic nitrogens is 1. The summed E-state index contributed by atoms with van der Waals surface area (Å²) in [5.41, 5.74) is -0.473. The van der Waals surface area contributed by atoms with Crippen molar-refractivity contribution in [3.8, 4) is 5.75 Å². The predicted octanol–water partition coefficient (Wildman–Crippen LogP) is 5.90. The van der Waals surface area contributed by atoms with Crippen molar-refractivity contribution in [1.82, 2.24) is 4.98 Å². The number of benzene rings is 2. The second-order valence-electron chi connectivity index (χ2n) is 5.80. The number of hydrogen-bond donors (Lipinski definition) is 2. The van der Waals surface area contributed by atoms with Crippen molar-refractivity contribution >= 4 is 29.2 Å². The number of alkyl halides is 3. The summed E-state index contributed by atoms with van der Waals surface area (Å²) in [6.45, 7) is 0. The molecule has 9 heteroatoms. The van der Waals surface area contributed by atoms with E-state index in [1.807, 2.05) is 18.2 Å². The summed E-state index contributed by atoms with van der Waals surface area (Å²) in [7, 11) is 1.31. The van der Waals surface area contributed by atoms with Gasteiger partial charge in [-0.15, -0.1) is 0 Å². The molecule has 29 heavy (non-hydrogen) atoms. The molecule has 0 aliphatic carbocycles. The Morgan fingerprint density at radius 2 is 1.76 bits per heavy atom. The lowest BCUT2D eigenvalue weighted by Crippen LogP contribution is -2.20. The number of rotatable bonds is 5. The SMILES string of the molecule is COc1ccc(C(F)(F)F)cc1NC(=O)Nc1cccc(Sc2ccncc2)c1. The number of carbonyl (C=O) groups is 1. The van der Waals surface area contributed by atoms with Crippen molar-refractivity contribution in [2.24, 2.45) is 0 Å². The van der Waals surface area contributed by atoms with Crippen LogP contribution in [0.25, 0.3) is 0 Å². The minimum Gasteiger partial charge on any atom is -0.495 e. The highest BCUT2D eigenvalue weighted by Crippen LogP contribution is 2.35. The molecule has 0 radical (unpaired) electrons. The number of nitrogens with one attached hydrogen (secondary N) is 2. The zero-order chi connectivity index (χ0) is 20.9. The van der Waals surface area contributed by atoms with E-state index in [2.05, 4.69) is 15.6 Å². The molecule has 0 atom stereocenters. The van der Waals surface area contributed by atoms with Gasteiger partial charge >= 0.3 is 12.2 Å². The normalized spacial score (nSPS) is 11.0. The van der Waals surface area contributed by atoms with E-state index in [-0.39, 0.29) is 11.4 Å². The smallest absolute Gasteiger partial charge is 0.416 e. The summed E-state index contributed by atoms with van der Waals surface area (Å²) in [6.07, 6.45) is -1.17. The molecule has 3 rings (SSSR count). The molecular weight excluding hydrogens is 403 g/mol. The monoisotopic (exact) mass is 419 g/mol. The van der Waals surface area contributed by atoms with Crippen molar-refractivity contribution in [1.29, 1.82) is 0 Å². The summed E-state index contributed by atoms with van der Waals surface area (Å²) in [6, 6.07) is 13.0. The van der Waals surface area contributed by atoms with Crippen LogP contribution in [0.4, 0.5) is 29.3 Å². The fourth-order valence-corrected chi connectivity index (χ4v) is 3.31. The molecule has 3 aromatic rings. The fraction of sp³-hybridized carbons (Fsp3) is 0.100. The zero-order valence-corrected chi connectivity index (χ0v) is 16.0. The summed E-state index contributed by atoms with van der Waals surface area (Å²) < 4.78 is 43.8. The molecule has 0 bridgehead atoms. The standard InChI is InChI=1S/C20H16F3N3O2S/c1-28-18-6-5-13(20(21,22)23)11-17(18)26-19(27)25-14-3-2-4-16(12-14)29-15-7-9-24-10-8-15/h2-12H,1H3,(H2,25,26,27). The maximum Gasteiger partial charge on any atom is 0.416 e. The van der Waals surface area contributed by atoms with Crippen LogP contribution in [0.5, 0.6) is 5.75 Å². The minimum absolute atomic E-state index is 0.0814. The lowest BCUT2D eigenvalue weighted by molar-refractivity contribution is -0.137. The highest BCUT2D eigenvalue weighted by molar-refractivity contribution is 7.99. The first-order valence-electron chi connectivity index (χ1n) is 8.36. The number of urea groups is 1. The van der Waals surface area contributed by atoms with E-state index >= 15 is 0 Å². The molecule has 0 aliphatic heterocycles. The van der Waals surface area contributed by atoms with Gasteiger partial charge in [0.2, 0.25) is 0 Å². The number of amides is 2. The highest BCUT2D eigenvalue weighted by atomic mass is 32.2. The van der Waals surface area contributed by atoms with Gasteiger partial charge in [0, 0.05) is 27.9 Å². The Morgan fingerprint density at radius 1 is 1.00 bits per heavy atom. The molecule has 0 unspecified atom stereocenters. The summed E-state index contributed by atoms with van der Waals surface area (Å²) >= 11 is 1.49. The van der Waals surface area contributed by atoms with Crippen molar-refractivity contribution in [2.75, 3.05) is 17.7 Å². The minimum atomic E-state index is -4.53. The average Bonchev–Trinajstić information content (AvgIpc) is 2.68. The molecule has 5 nitrogen and oxygen atoms in total. The molecule has 0 saturated heterocycles. The maximum absolute atomic E-state index is 12.9. The highest BCUT2D eigenvalue weighted by Gasteiger charge is 2.31. The Balaban J connectivity index is 1.72. The molecule has 0 spiro atoms. The van der Waals surface area contributed by atoms with Crippen LogP contribution >= 0.6 is 11.8 Å². The Kier molecular flexibility index (Phi) is 6.28. The van der Waals surface area contributed by atoms with Gasteiger partial charge < -0.3 is 15.4 Å². The van der Waals surface area contributed by atoms with E-state index in [4.69, 9.17) is 4.74 Å². The molecule has 2 amide bonds. The van der Waals surface area contributed by atoms with E-state index in [1.54, 1.807) is 30.6 Å². The fourth-order valence-electron chi connectivity index (χ4n) is 2.45. The molecule has 2 N–H and O–H groups in total. The van der Waals surface area contributed by atoms with Gasteiger partial charge in [-0.1, -0.05) is 17.8 Å². The van der Waals surface area contributed by atoms with Crippen molar-refractivity contribution in [3.05, 3.63) is 72.6 Å². The first-order valence-corrected chi connectivity index (χ1v) is 9.18. The van der Waals surface area contributed by atoms with Crippen LogP contribution in [-0.4, -0.2) is 18.1 Å². The van der Waals surface area contributed by atoms with Crippen LogP contribution in [-0.2, 0) is 6.18 Å². The summed E-state index contributed by atoms with van der Waals surface area (Å²) in [5.74, 6) is 0.121. The molecule has 0 saturated carbocycles. The van der Waals surface area contributed by atoms with Crippen LogP contribution in [0, 0.1) is 0 Å². The maximum atomic E-state index is 12.9. The number of pyridine rings is 1.